The molecule has 5 nitrogen and oxygen atoms in total. The molecular formula is C10H14N2O3. The number of aromatic nitrogens is 2. The molecule has 2 rings (SSSR count). The average Bonchev–Trinajstić information content (AvgIpc) is 2.85. The molecule has 0 spiro atoms. The lowest BCUT2D eigenvalue weighted by atomic mass is 10.2. The first-order valence-electron chi connectivity index (χ1n) is 5.08. The molecule has 82 valence electrons. The van der Waals surface area contributed by atoms with Gasteiger partial charge in [0.2, 0.25) is 0 Å². The standard InChI is InChI=1S/C10H14N2O3/c13-10(14)2-1-8-5-11-12(6-8)9-3-4-15-7-9/h5-6,9H,1-4,7H2,(H,13,14). The third-order valence-electron chi connectivity index (χ3n) is 2.56. The summed E-state index contributed by atoms with van der Waals surface area (Å²) >= 11 is 0. The number of hydrogen-bond donors (Lipinski definition) is 1. The molecule has 1 aromatic heterocycles. The summed E-state index contributed by atoms with van der Waals surface area (Å²) in [7, 11) is 0. The molecule has 15 heavy (non-hydrogen) atoms. The first-order chi connectivity index (χ1) is 7.25. The van der Waals surface area contributed by atoms with Crippen molar-refractivity contribution in [2.24, 2.45) is 0 Å². The minimum absolute atomic E-state index is 0.160. The predicted molar refractivity (Wildman–Crippen MR) is 52.7 cm³/mol. The van der Waals surface area contributed by atoms with Crippen LogP contribution < -0.4 is 0 Å². The van der Waals surface area contributed by atoms with Gasteiger partial charge >= 0.3 is 5.97 Å². The van der Waals surface area contributed by atoms with Gasteiger partial charge in [0.15, 0.2) is 0 Å². The smallest absolute Gasteiger partial charge is 0.303 e. The largest absolute Gasteiger partial charge is 0.481 e. The topological polar surface area (TPSA) is 64.3 Å². The fourth-order valence-electron chi connectivity index (χ4n) is 1.69. The van der Waals surface area contributed by atoms with E-state index >= 15 is 0 Å². The zero-order valence-corrected chi connectivity index (χ0v) is 8.43. The van der Waals surface area contributed by atoms with Crippen LogP contribution in [0.3, 0.4) is 0 Å². The number of carboxylic acid groups (broad SMARTS) is 1. The minimum Gasteiger partial charge on any atom is -0.481 e. The first-order valence-corrected chi connectivity index (χ1v) is 5.08. The van der Waals surface area contributed by atoms with Crippen LogP contribution >= 0.6 is 0 Å². The van der Waals surface area contributed by atoms with E-state index in [0.29, 0.717) is 19.1 Å². The third kappa shape index (κ3) is 2.56. The van der Waals surface area contributed by atoms with Crippen LogP contribution in [0.4, 0.5) is 0 Å². The monoisotopic (exact) mass is 210 g/mol. The van der Waals surface area contributed by atoms with Crippen molar-refractivity contribution in [3.63, 3.8) is 0 Å². The number of hydrogen-bond acceptors (Lipinski definition) is 3. The lowest BCUT2D eigenvalue weighted by Gasteiger charge is -2.06. The number of nitrogens with zero attached hydrogens (tertiary/aromatic N) is 2. The van der Waals surface area contributed by atoms with E-state index in [9.17, 15) is 4.79 Å². The molecule has 0 saturated carbocycles. The third-order valence-corrected chi connectivity index (χ3v) is 2.56. The summed E-state index contributed by atoms with van der Waals surface area (Å²) in [5, 5.41) is 12.8. The van der Waals surface area contributed by atoms with Gasteiger partial charge < -0.3 is 9.84 Å². The molecule has 0 aliphatic carbocycles. The molecule has 1 aliphatic rings. The van der Waals surface area contributed by atoms with E-state index in [1.807, 2.05) is 10.9 Å². The van der Waals surface area contributed by atoms with Gasteiger partial charge in [-0.2, -0.15) is 5.10 Å². The van der Waals surface area contributed by atoms with Crippen LogP contribution in [0.2, 0.25) is 0 Å². The fourth-order valence-corrected chi connectivity index (χ4v) is 1.69. The highest BCUT2D eigenvalue weighted by molar-refractivity contribution is 5.67. The van der Waals surface area contributed by atoms with E-state index in [2.05, 4.69) is 5.10 Å². The molecule has 0 amide bonds. The van der Waals surface area contributed by atoms with Gasteiger partial charge in [-0.15, -0.1) is 0 Å². The van der Waals surface area contributed by atoms with Gasteiger partial charge in [-0.25, -0.2) is 0 Å². The number of aliphatic carboxylic acids is 1. The Labute approximate surface area is 87.7 Å². The van der Waals surface area contributed by atoms with Crippen molar-refractivity contribution in [3.05, 3.63) is 18.0 Å². The Bertz CT molecular complexity index is 342. The maximum Gasteiger partial charge on any atom is 0.303 e. The zero-order chi connectivity index (χ0) is 10.7. The zero-order valence-electron chi connectivity index (χ0n) is 8.43. The van der Waals surface area contributed by atoms with E-state index in [1.165, 1.54) is 0 Å². The second kappa shape index (κ2) is 4.44. The van der Waals surface area contributed by atoms with Gasteiger partial charge in [0, 0.05) is 19.2 Å². The number of ether oxygens (including phenoxy) is 1. The Balaban J connectivity index is 1.94. The molecule has 5 heteroatoms. The van der Waals surface area contributed by atoms with Crippen LogP contribution in [0.5, 0.6) is 0 Å². The van der Waals surface area contributed by atoms with Crippen molar-refractivity contribution >= 4 is 5.97 Å². The fraction of sp³-hybridized carbons (Fsp3) is 0.600. The predicted octanol–water partition coefficient (Wildman–Crippen LogP) is 0.862. The molecule has 2 heterocycles. The summed E-state index contributed by atoms with van der Waals surface area (Å²) in [6, 6.07) is 0.323. The van der Waals surface area contributed by atoms with E-state index in [0.717, 1.165) is 18.6 Å². The van der Waals surface area contributed by atoms with E-state index in [-0.39, 0.29) is 6.42 Å². The van der Waals surface area contributed by atoms with Crippen molar-refractivity contribution in [2.45, 2.75) is 25.3 Å². The van der Waals surface area contributed by atoms with Crippen LogP contribution in [-0.4, -0.2) is 34.1 Å². The lowest BCUT2D eigenvalue weighted by molar-refractivity contribution is -0.136. The van der Waals surface area contributed by atoms with Gasteiger partial charge in [0.25, 0.3) is 0 Å². The molecule has 1 atom stereocenters. The molecular weight excluding hydrogens is 196 g/mol. The van der Waals surface area contributed by atoms with Gasteiger partial charge in [-0.05, 0) is 18.4 Å². The Morgan fingerprint density at radius 1 is 1.73 bits per heavy atom. The summed E-state index contributed by atoms with van der Waals surface area (Å²) in [5.41, 5.74) is 0.976. The highest BCUT2D eigenvalue weighted by Crippen LogP contribution is 2.18. The first kappa shape index (κ1) is 10.2. The number of rotatable bonds is 4. The van der Waals surface area contributed by atoms with Crippen molar-refractivity contribution in [1.29, 1.82) is 0 Å². The van der Waals surface area contributed by atoms with Crippen LogP contribution in [0.15, 0.2) is 12.4 Å². The summed E-state index contributed by atoms with van der Waals surface area (Å²) in [6.45, 7) is 1.50. The molecule has 0 radical (unpaired) electrons. The van der Waals surface area contributed by atoms with Gasteiger partial charge in [0.05, 0.1) is 18.8 Å². The van der Waals surface area contributed by atoms with Gasteiger partial charge in [-0.1, -0.05) is 0 Å². The number of carbonyl (C=O) groups is 1. The normalized spacial score (nSPS) is 20.7. The Hall–Kier alpha value is -1.36. The molecule has 1 saturated heterocycles. The molecule has 1 fully saturated rings. The Morgan fingerprint density at radius 2 is 2.60 bits per heavy atom. The summed E-state index contributed by atoms with van der Waals surface area (Å²) in [5.74, 6) is -0.771. The minimum atomic E-state index is -0.771. The molecule has 1 aromatic rings. The molecule has 0 bridgehead atoms. The van der Waals surface area contributed by atoms with E-state index in [4.69, 9.17) is 9.84 Å². The van der Waals surface area contributed by atoms with Gasteiger partial charge in [0.1, 0.15) is 0 Å². The molecule has 1 aliphatic heterocycles. The quantitative estimate of drug-likeness (QED) is 0.800. The Kier molecular flexibility index (Phi) is 3.01. The number of aryl methyl sites for hydroxylation is 1. The van der Waals surface area contributed by atoms with Crippen LogP contribution in [-0.2, 0) is 16.0 Å². The van der Waals surface area contributed by atoms with Crippen LogP contribution in [0.25, 0.3) is 0 Å². The maximum atomic E-state index is 10.4. The van der Waals surface area contributed by atoms with Crippen molar-refractivity contribution in [2.75, 3.05) is 13.2 Å². The second-order valence-electron chi connectivity index (χ2n) is 3.74. The lowest BCUT2D eigenvalue weighted by Crippen LogP contribution is -2.08. The van der Waals surface area contributed by atoms with E-state index in [1.54, 1.807) is 6.20 Å². The number of carboxylic acids is 1. The molecule has 1 N–H and O–H groups in total. The summed E-state index contributed by atoms with van der Waals surface area (Å²) in [4.78, 5) is 10.4. The van der Waals surface area contributed by atoms with Crippen molar-refractivity contribution in [1.82, 2.24) is 9.78 Å². The maximum absolute atomic E-state index is 10.4. The highest BCUT2D eigenvalue weighted by atomic mass is 16.5. The van der Waals surface area contributed by atoms with Gasteiger partial charge in [-0.3, -0.25) is 9.48 Å². The summed E-state index contributed by atoms with van der Waals surface area (Å²) < 4.78 is 7.14. The van der Waals surface area contributed by atoms with Crippen LogP contribution in [0.1, 0.15) is 24.4 Å². The average molecular weight is 210 g/mol. The van der Waals surface area contributed by atoms with Crippen molar-refractivity contribution in [3.8, 4) is 0 Å². The molecule has 1 unspecified atom stereocenters. The van der Waals surface area contributed by atoms with Crippen LogP contribution in [0, 0.1) is 0 Å². The molecule has 0 aromatic carbocycles. The Morgan fingerprint density at radius 3 is 3.27 bits per heavy atom. The van der Waals surface area contributed by atoms with E-state index < -0.39 is 5.97 Å². The SMILES string of the molecule is O=C(O)CCc1cnn(C2CCOC2)c1. The second-order valence-corrected chi connectivity index (χ2v) is 3.74. The summed E-state index contributed by atoms with van der Waals surface area (Å²) in [6.07, 6.45) is 5.35. The van der Waals surface area contributed by atoms with Crippen molar-refractivity contribution < 1.29 is 14.6 Å². The highest BCUT2D eigenvalue weighted by Gasteiger charge is 2.18.